The van der Waals surface area contributed by atoms with Crippen LogP contribution in [0.1, 0.15) is 45.6 Å². The fraction of sp³-hybridized carbons (Fsp3) is 0.526. The third-order valence-corrected chi connectivity index (χ3v) is 3.81. The molecule has 2 atom stereocenters. The van der Waals surface area contributed by atoms with Gasteiger partial charge in [-0.1, -0.05) is 30.3 Å². The van der Waals surface area contributed by atoms with E-state index >= 15 is 0 Å². The van der Waals surface area contributed by atoms with Crippen LogP contribution in [0.5, 0.6) is 0 Å². The SMILES string of the molecule is CC(C)(C)OC(=O)C(N)(C(=O)O)C(N)CCCC(=O)OCc1ccccc1. The number of rotatable bonds is 9. The molecule has 5 N–H and O–H groups in total. The van der Waals surface area contributed by atoms with E-state index in [2.05, 4.69) is 0 Å². The average molecular weight is 380 g/mol. The Morgan fingerprint density at radius 2 is 1.74 bits per heavy atom. The molecule has 0 bridgehead atoms. The van der Waals surface area contributed by atoms with Crippen molar-refractivity contribution in [2.45, 2.75) is 63.8 Å². The highest BCUT2D eigenvalue weighted by atomic mass is 16.6. The molecule has 2 unspecified atom stereocenters. The average Bonchev–Trinajstić information content (AvgIpc) is 2.58. The largest absolute Gasteiger partial charge is 0.479 e. The van der Waals surface area contributed by atoms with Gasteiger partial charge in [0.2, 0.25) is 5.54 Å². The van der Waals surface area contributed by atoms with E-state index in [1.54, 1.807) is 20.8 Å². The highest BCUT2D eigenvalue weighted by Crippen LogP contribution is 2.19. The van der Waals surface area contributed by atoms with E-state index in [0.29, 0.717) is 0 Å². The summed E-state index contributed by atoms with van der Waals surface area (Å²) in [7, 11) is 0. The Labute approximate surface area is 158 Å². The molecule has 0 saturated carbocycles. The van der Waals surface area contributed by atoms with E-state index in [9.17, 15) is 19.5 Å². The first-order valence-electron chi connectivity index (χ1n) is 8.67. The van der Waals surface area contributed by atoms with E-state index in [1.807, 2.05) is 30.3 Å². The van der Waals surface area contributed by atoms with Gasteiger partial charge < -0.3 is 26.0 Å². The van der Waals surface area contributed by atoms with Crippen molar-refractivity contribution in [2.75, 3.05) is 0 Å². The highest BCUT2D eigenvalue weighted by Gasteiger charge is 2.50. The quantitative estimate of drug-likeness (QED) is 0.430. The van der Waals surface area contributed by atoms with E-state index in [1.165, 1.54) is 0 Å². The van der Waals surface area contributed by atoms with Crippen LogP contribution in [0.3, 0.4) is 0 Å². The molecular formula is C19H28N2O6. The lowest BCUT2D eigenvalue weighted by Crippen LogP contribution is -2.67. The molecule has 150 valence electrons. The monoisotopic (exact) mass is 380 g/mol. The second-order valence-corrected chi connectivity index (χ2v) is 7.32. The van der Waals surface area contributed by atoms with E-state index in [-0.39, 0.29) is 25.9 Å². The fourth-order valence-electron chi connectivity index (χ4n) is 2.26. The predicted molar refractivity (Wildman–Crippen MR) is 98.5 cm³/mol. The van der Waals surface area contributed by atoms with Crippen LogP contribution in [0.2, 0.25) is 0 Å². The minimum Gasteiger partial charge on any atom is -0.479 e. The van der Waals surface area contributed by atoms with Gasteiger partial charge in [0.1, 0.15) is 12.2 Å². The van der Waals surface area contributed by atoms with Crippen molar-refractivity contribution in [1.82, 2.24) is 0 Å². The van der Waals surface area contributed by atoms with Gasteiger partial charge in [-0.2, -0.15) is 0 Å². The van der Waals surface area contributed by atoms with Crippen molar-refractivity contribution in [1.29, 1.82) is 0 Å². The Morgan fingerprint density at radius 3 is 2.26 bits per heavy atom. The molecule has 0 heterocycles. The Hall–Kier alpha value is -2.45. The van der Waals surface area contributed by atoms with Crippen LogP contribution in [0.4, 0.5) is 0 Å². The number of carboxylic acid groups (broad SMARTS) is 1. The summed E-state index contributed by atoms with van der Waals surface area (Å²) in [6.07, 6.45) is 0.302. The van der Waals surface area contributed by atoms with Crippen LogP contribution in [0.15, 0.2) is 30.3 Å². The lowest BCUT2D eigenvalue weighted by Gasteiger charge is -2.32. The number of hydrogen-bond acceptors (Lipinski definition) is 7. The number of hydrogen-bond donors (Lipinski definition) is 3. The van der Waals surface area contributed by atoms with Gasteiger partial charge in [-0.3, -0.25) is 4.79 Å². The molecule has 0 aromatic heterocycles. The predicted octanol–water partition coefficient (Wildman–Crippen LogP) is 1.35. The smallest absolute Gasteiger partial charge is 0.340 e. The maximum Gasteiger partial charge on any atom is 0.340 e. The summed E-state index contributed by atoms with van der Waals surface area (Å²) in [4.78, 5) is 35.6. The molecule has 0 aliphatic carbocycles. The third kappa shape index (κ3) is 6.99. The molecule has 1 aromatic carbocycles. The summed E-state index contributed by atoms with van der Waals surface area (Å²) in [5.41, 5.74) is 9.20. The summed E-state index contributed by atoms with van der Waals surface area (Å²) in [6, 6.07) is 7.99. The zero-order chi connectivity index (χ0) is 20.7. The van der Waals surface area contributed by atoms with Gasteiger partial charge in [0.05, 0.1) is 0 Å². The maximum atomic E-state index is 12.2. The summed E-state index contributed by atoms with van der Waals surface area (Å²) < 4.78 is 10.2. The highest BCUT2D eigenvalue weighted by molar-refractivity contribution is 6.05. The molecule has 0 amide bonds. The first kappa shape index (κ1) is 22.6. The van der Waals surface area contributed by atoms with Crippen LogP contribution in [0.25, 0.3) is 0 Å². The number of carboxylic acids is 1. The van der Waals surface area contributed by atoms with Gasteiger partial charge in [0.15, 0.2) is 0 Å². The van der Waals surface area contributed by atoms with Crippen LogP contribution in [-0.2, 0) is 30.5 Å². The Bertz CT molecular complexity index is 656. The number of carbonyl (C=O) groups excluding carboxylic acids is 2. The molecular weight excluding hydrogens is 352 g/mol. The van der Waals surface area contributed by atoms with Gasteiger partial charge in [-0.15, -0.1) is 0 Å². The topological polar surface area (TPSA) is 142 Å². The first-order chi connectivity index (χ1) is 12.5. The Kier molecular flexibility index (Phi) is 7.93. The standard InChI is InChI=1S/C19H28N2O6/c1-18(2,3)27-17(25)19(21,16(23)24)14(20)10-7-11-15(22)26-12-13-8-5-4-6-9-13/h4-6,8-9,14H,7,10-12,20-21H2,1-3H3,(H,23,24). The van der Waals surface area contributed by atoms with Gasteiger partial charge >= 0.3 is 17.9 Å². The number of benzene rings is 1. The summed E-state index contributed by atoms with van der Waals surface area (Å²) in [5.74, 6) is -3.13. The molecule has 1 aromatic rings. The lowest BCUT2D eigenvalue weighted by atomic mass is 9.88. The maximum absolute atomic E-state index is 12.2. The summed E-state index contributed by atoms with van der Waals surface area (Å²) >= 11 is 0. The minimum atomic E-state index is -2.39. The Morgan fingerprint density at radius 1 is 1.15 bits per heavy atom. The van der Waals surface area contributed by atoms with E-state index in [0.717, 1.165) is 5.56 Å². The van der Waals surface area contributed by atoms with Gasteiger partial charge in [0.25, 0.3) is 0 Å². The lowest BCUT2D eigenvalue weighted by molar-refractivity contribution is -0.170. The molecule has 0 aliphatic rings. The molecule has 0 aliphatic heterocycles. The van der Waals surface area contributed by atoms with Gasteiger partial charge in [-0.25, -0.2) is 9.59 Å². The molecule has 0 fully saturated rings. The van der Waals surface area contributed by atoms with Crippen LogP contribution in [0, 0.1) is 0 Å². The second kappa shape index (κ2) is 9.48. The van der Waals surface area contributed by atoms with Crippen molar-refractivity contribution in [3.63, 3.8) is 0 Å². The molecule has 0 spiro atoms. The molecule has 8 nitrogen and oxygen atoms in total. The zero-order valence-corrected chi connectivity index (χ0v) is 15.9. The number of ether oxygens (including phenoxy) is 2. The number of aliphatic carboxylic acids is 1. The minimum absolute atomic E-state index is 0.0323. The molecule has 27 heavy (non-hydrogen) atoms. The summed E-state index contributed by atoms with van der Waals surface area (Å²) in [5, 5.41) is 9.39. The Balaban J connectivity index is 2.54. The normalized spacial score (nSPS) is 14.7. The third-order valence-electron chi connectivity index (χ3n) is 3.81. The van der Waals surface area contributed by atoms with E-state index < -0.39 is 35.1 Å². The number of carbonyl (C=O) groups is 3. The molecule has 0 radical (unpaired) electrons. The van der Waals surface area contributed by atoms with E-state index in [4.69, 9.17) is 20.9 Å². The van der Waals surface area contributed by atoms with Gasteiger partial charge in [-0.05, 0) is 39.2 Å². The molecule has 1 rings (SSSR count). The van der Waals surface area contributed by atoms with Crippen molar-refractivity contribution in [3.05, 3.63) is 35.9 Å². The van der Waals surface area contributed by atoms with Crippen molar-refractivity contribution >= 4 is 17.9 Å². The fourth-order valence-corrected chi connectivity index (χ4v) is 2.26. The van der Waals surface area contributed by atoms with Crippen LogP contribution in [-0.4, -0.2) is 40.2 Å². The van der Waals surface area contributed by atoms with Gasteiger partial charge in [0, 0.05) is 12.5 Å². The molecule has 0 saturated heterocycles. The number of nitrogens with two attached hydrogens (primary N) is 2. The second-order valence-electron chi connectivity index (χ2n) is 7.32. The zero-order valence-electron chi connectivity index (χ0n) is 15.9. The van der Waals surface area contributed by atoms with Crippen LogP contribution >= 0.6 is 0 Å². The first-order valence-corrected chi connectivity index (χ1v) is 8.67. The van der Waals surface area contributed by atoms with Crippen molar-refractivity contribution in [3.8, 4) is 0 Å². The summed E-state index contributed by atoms with van der Waals surface area (Å²) in [6.45, 7) is 4.95. The van der Waals surface area contributed by atoms with Crippen molar-refractivity contribution < 1.29 is 29.0 Å². The molecule has 8 heteroatoms. The van der Waals surface area contributed by atoms with Crippen molar-refractivity contribution in [2.24, 2.45) is 11.5 Å². The number of esters is 2. The van der Waals surface area contributed by atoms with Crippen LogP contribution < -0.4 is 11.5 Å².